The van der Waals surface area contributed by atoms with E-state index < -0.39 is 18.5 Å². The van der Waals surface area contributed by atoms with Crippen molar-refractivity contribution < 1.29 is 23.8 Å². The monoisotopic (exact) mass is 479 g/mol. The van der Waals surface area contributed by atoms with E-state index in [0.29, 0.717) is 44.6 Å². The third-order valence-electron chi connectivity index (χ3n) is 5.12. The van der Waals surface area contributed by atoms with E-state index in [1.807, 2.05) is 31.2 Å². The molecule has 4 aromatic rings. The van der Waals surface area contributed by atoms with Gasteiger partial charge in [0.2, 0.25) is 0 Å². The zero-order valence-electron chi connectivity index (χ0n) is 18.8. The topological polar surface area (TPSA) is 103 Å². The number of rotatable bonds is 7. The summed E-state index contributed by atoms with van der Waals surface area (Å²) < 4.78 is 15.6. The second kappa shape index (κ2) is 9.84. The maximum absolute atomic E-state index is 12.5. The first-order valence-corrected chi connectivity index (χ1v) is 10.7. The van der Waals surface area contributed by atoms with Crippen molar-refractivity contribution in [3.8, 4) is 22.9 Å². The average molecular weight is 480 g/mol. The minimum Gasteiger partial charge on any atom is -0.495 e. The molecule has 0 spiro atoms. The molecule has 0 fully saturated rings. The fraction of sp³-hybridized carbons (Fsp3) is 0.160. The van der Waals surface area contributed by atoms with Gasteiger partial charge >= 0.3 is 5.97 Å². The fourth-order valence-electron chi connectivity index (χ4n) is 3.34. The number of nitrogens with one attached hydrogen (secondary N) is 2. The van der Waals surface area contributed by atoms with E-state index in [2.05, 4.69) is 15.3 Å². The summed E-state index contributed by atoms with van der Waals surface area (Å²) in [6.07, 6.45) is 0. The van der Waals surface area contributed by atoms with Gasteiger partial charge in [-0.3, -0.25) is 4.79 Å². The van der Waals surface area contributed by atoms with Crippen LogP contribution < -0.4 is 14.8 Å². The largest absolute Gasteiger partial charge is 0.495 e. The van der Waals surface area contributed by atoms with Crippen LogP contribution >= 0.6 is 11.6 Å². The highest BCUT2D eigenvalue weighted by molar-refractivity contribution is 6.32. The third kappa shape index (κ3) is 4.97. The first kappa shape index (κ1) is 23.1. The van der Waals surface area contributed by atoms with E-state index in [-0.39, 0.29) is 0 Å². The van der Waals surface area contributed by atoms with Crippen LogP contribution in [0.5, 0.6) is 11.5 Å². The van der Waals surface area contributed by atoms with Crippen LogP contribution in [0.4, 0.5) is 5.69 Å². The number of methoxy groups -OCH3 is 2. The number of aromatic amines is 1. The van der Waals surface area contributed by atoms with Gasteiger partial charge in [0.15, 0.2) is 6.61 Å². The average Bonchev–Trinajstić information content (AvgIpc) is 3.26. The molecule has 1 amide bonds. The lowest BCUT2D eigenvalue weighted by atomic mass is 10.1. The molecule has 0 saturated carbocycles. The van der Waals surface area contributed by atoms with Gasteiger partial charge in [-0.25, -0.2) is 9.78 Å². The fourth-order valence-corrected chi connectivity index (χ4v) is 3.58. The highest BCUT2D eigenvalue weighted by atomic mass is 35.5. The van der Waals surface area contributed by atoms with Crippen molar-refractivity contribution in [2.24, 2.45) is 0 Å². The van der Waals surface area contributed by atoms with Crippen LogP contribution in [-0.2, 0) is 9.53 Å². The van der Waals surface area contributed by atoms with E-state index >= 15 is 0 Å². The van der Waals surface area contributed by atoms with Gasteiger partial charge < -0.3 is 24.5 Å². The summed E-state index contributed by atoms with van der Waals surface area (Å²) in [6, 6.07) is 16.0. The van der Waals surface area contributed by atoms with Crippen molar-refractivity contribution in [3.05, 3.63) is 70.7 Å². The lowest BCUT2D eigenvalue weighted by molar-refractivity contribution is -0.119. The maximum atomic E-state index is 12.5. The molecule has 0 aliphatic heterocycles. The first-order valence-electron chi connectivity index (χ1n) is 10.3. The van der Waals surface area contributed by atoms with Crippen molar-refractivity contribution in [3.63, 3.8) is 0 Å². The number of carbonyl (C=O) groups excluding carboxylic acids is 2. The Morgan fingerprint density at radius 3 is 2.44 bits per heavy atom. The lowest BCUT2D eigenvalue weighted by Gasteiger charge is -2.13. The molecule has 0 radical (unpaired) electrons. The van der Waals surface area contributed by atoms with Crippen LogP contribution in [0.15, 0.2) is 54.6 Å². The van der Waals surface area contributed by atoms with E-state index in [1.165, 1.54) is 20.3 Å². The van der Waals surface area contributed by atoms with Crippen molar-refractivity contribution in [1.82, 2.24) is 9.97 Å². The van der Waals surface area contributed by atoms with Gasteiger partial charge in [0, 0.05) is 11.6 Å². The highest BCUT2D eigenvalue weighted by Crippen LogP contribution is 2.35. The number of amides is 1. The number of nitrogens with zero attached hydrogens (tertiary/aromatic N) is 1. The van der Waals surface area contributed by atoms with E-state index in [9.17, 15) is 9.59 Å². The van der Waals surface area contributed by atoms with Crippen LogP contribution in [-0.4, -0.2) is 42.7 Å². The molecule has 0 aliphatic rings. The van der Waals surface area contributed by atoms with E-state index in [4.69, 9.17) is 25.8 Å². The van der Waals surface area contributed by atoms with E-state index in [1.54, 1.807) is 24.3 Å². The zero-order chi connectivity index (χ0) is 24.2. The van der Waals surface area contributed by atoms with Crippen molar-refractivity contribution in [2.75, 3.05) is 26.1 Å². The lowest BCUT2D eigenvalue weighted by Crippen LogP contribution is -2.21. The molecule has 1 aromatic heterocycles. The summed E-state index contributed by atoms with van der Waals surface area (Å²) in [5.41, 5.74) is 4.13. The van der Waals surface area contributed by atoms with Gasteiger partial charge in [-0.2, -0.15) is 0 Å². The van der Waals surface area contributed by atoms with Gasteiger partial charge in [0.05, 0.1) is 41.5 Å². The Hall–Kier alpha value is -4.04. The molecule has 9 heteroatoms. The number of benzene rings is 3. The molecular weight excluding hydrogens is 458 g/mol. The molecule has 0 atom stereocenters. The number of esters is 1. The SMILES string of the molecule is COc1cc(OC)c(NC(=O)COC(=O)c2ccc3nc(-c4ccc(C)cc4)[nH]c3c2)cc1Cl. The number of ether oxygens (including phenoxy) is 3. The van der Waals surface area contributed by atoms with Gasteiger partial charge in [-0.1, -0.05) is 41.4 Å². The summed E-state index contributed by atoms with van der Waals surface area (Å²) in [7, 11) is 2.93. The van der Waals surface area contributed by atoms with E-state index in [0.717, 1.165) is 11.1 Å². The second-order valence-corrected chi connectivity index (χ2v) is 7.90. The number of imidazole rings is 1. The zero-order valence-corrected chi connectivity index (χ0v) is 19.5. The third-order valence-corrected chi connectivity index (χ3v) is 5.42. The molecular formula is C25H22ClN3O5. The molecule has 4 rings (SSSR count). The summed E-state index contributed by atoms with van der Waals surface area (Å²) in [5.74, 6) is 0.282. The minimum atomic E-state index is -0.636. The van der Waals surface area contributed by atoms with Crippen LogP contribution in [0.25, 0.3) is 22.4 Å². The molecule has 8 nitrogen and oxygen atoms in total. The first-order chi connectivity index (χ1) is 16.4. The van der Waals surface area contributed by atoms with Crippen LogP contribution in [0, 0.1) is 6.92 Å². The number of aryl methyl sites for hydroxylation is 1. The molecule has 0 unspecified atom stereocenters. The molecule has 0 saturated heterocycles. The molecule has 34 heavy (non-hydrogen) atoms. The molecule has 1 heterocycles. The van der Waals surface area contributed by atoms with Crippen LogP contribution in [0.1, 0.15) is 15.9 Å². The Morgan fingerprint density at radius 2 is 1.74 bits per heavy atom. The van der Waals surface area contributed by atoms with Gasteiger partial charge in [-0.05, 0) is 31.2 Å². The number of H-pyrrole nitrogens is 1. The normalized spacial score (nSPS) is 10.7. The Kier molecular flexibility index (Phi) is 6.70. The van der Waals surface area contributed by atoms with Gasteiger partial charge in [0.25, 0.3) is 5.91 Å². The standard InChI is InChI=1S/C25H22ClN3O5/c1-14-4-6-15(7-5-14)24-28-18-9-8-16(10-19(18)29-24)25(31)34-13-23(30)27-20-11-17(26)21(32-2)12-22(20)33-3/h4-12H,13H2,1-3H3,(H,27,30)(H,28,29). The number of hydrogen-bond donors (Lipinski definition) is 2. The van der Waals surface area contributed by atoms with Crippen LogP contribution in [0.3, 0.4) is 0 Å². The number of anilines is 1. The predicted octanol–water partition coefficient (Wildman–Crippen LogP) is 5.00. The Morgan fingerprint density at radius 1 is 1.00 bits per heavy atom. The Bertz CT molecular complexity index is 1370. The summed E-state index contributed by atoms with van der Waals surface area (Å²) in [4.78, 5) is 32.6. The maximum Gasteiger partial charge on any atom is 0.338 e. The molecule has 174 valence electrons. The summed E-state index contributed by atoms with van der Waals surface area (Å²) in [5, 5.41) is 2.92. The Balaban J connectivity index is 1.42. The van der Waals surface area contributed by atoms with Crippen molar-refractivity contribution >= 4 is 40.2 Å². The molecule has 3 aromatic carbocycles. The molecule has 2 N–H and O–H groups in total. The number of aromatic nitrogens is 2. The number of carbonyl (C=O) groups is 2. The van der Waals surface area contributed by atoms with Crippen molar-refractivity contribution in [1.29, 1.82) is 0 Å². The number of hydrogen-bond acceptors (Lipinski definition) is 6. The molecule has 0 bridgehead atoms. The Labute approximate surface area is 200 Å². The van der Waals surface area contributed by atoms with Gasteiger partial charge in [0.1, 0.15) is 17.3 Å². The smallest absolute Gasteiger partial charge is 0.338 e. The second-order valence-electron chi connectivity index (χ2n) is 7.49. The quantitative estimate of drug-likeness (QED) is 0.361. The van der Waals surface area contributed by atoms with Gasteiger partial charge in [-0.15, -0.1) is 0 Å². The summed E-state index contributed by atoms with van der Waals surface area (Å²) in [6.45, 7) is 1.53. The van der Waals surface area contributed by atoms with Crippen LogP contribution in [0.2, 0.25) is 5.02 Å². The summed E-state index contributed by atoms with van der Waals surface area (Å²) >= 11 is 6.12. The predicted molar refractivity (Wildman–Crippen MR) is 130 cm³/mol. The van der Waals surface area contributed by atoms with Crippen molar-refractivity contribution in [2.45, 2.75) is 6.92 Å². The number of halogens is 1. The highest BCUT2D eigenvalue weighted by Gasteiger charge is 2.16. The minimum absolute atomic E-state index is 0.296. The number of fused-ring (bicyclic) bond motifs is 1. The molecule has 0 aliphatic carbocycles.